The van der Waals surface area contributed by atoms with Gasteiger partial charge in [-0.25, -0.2) is 4.79 Å². The first-order valence-corrected chi connectivity index (χ1v) is 6.93. The molecule has 4 nitrogen and oxygen atoms in total. The first-order chi connectivity index (χ1) is 10.7. The summed E-state index contributed by atoms with van der Waals surface area (Å²) in [5, 5.41) is 9.31. The fraction of sp³-hybridized carbons (Fsp3) is 0.111. The Bertz CT molecular complexity index is 775. The van der Waals surface area contributed by atoms with Crippen LogP contribution >= 0.6 is 0 Å². The van der Waals surface area contributed by atoms with E-state index >= 15 is 0 Å². The molecule has 1 amide bonds. The van der Waals surface area contributed by atoms with E-state index in [-0.39, 0.29) is 0 Å². The topological polar surface area (TPSA) is 53.3 Å². The van der Waals surface area contributed by atoms with Crippen LogP contribution < -0.4 is 9.64 Å². The lowest BCUT2D eigenvalue weighted by atomic mass is 10.0. The maximum absolute atomic E-state index is 12.5. The number of carbonyl (C=O) groups is 1. The molecular weight excluding hydrogens is 276 g/mol. The van der Waals surface area contributed by atoms with Crippen molar-refractivity contribution in [3.05, 3.63) is 65.7 Å². The quantitative estimate of drug-likeness (QED) is 0.800. The van der Waals surface area contributed by atoms with Gasteiger partial charge in [0.15, 0.2) is 0 Å². The molecule has 0 bridgehead atoms. The van der Waals surface area contributed by atoms with Crippen LogP contribution in [-0.2, 0) is 0 Å². The molecule has 2 aromatic rings. The minimum Gasteiger partial charge on any atom is -0.410 e. The van der Waals surface area contributed by atoms with Gasteiger partial charge in [-0.1, -0.05) is 35.9 Å². The number of ether oxygens (including phenoxy) is 1. The van der Waals surface area contributed by atoms with Crippen LogP contribution in [0.1, 0.15) is 11.1 Å². The number of aryl methyl sites for hydroxylation is 1. The lowest BCUT2D eigenvalue weighted by molar-refractivity contribution is 0.207. The highest BCUT2D eigenvalue weighted by molar-refractivity contribution is 5.95. The number of fused-ring (bicyclic) bond motifs is 1. The Hall–Kier alpha value is -3.06. The largest absolute Gasteiger partial charge is 0.421 e. The van der Waals surface area contributed by atoms with E-state index in [0.29, 0.717) is 11.4 Å². The smallest absolute Gasteiger partial charge is 0.410 e. The summed E-state index contributed by atoms with van der Waals surface area (Å²) in [5.74, 6) is 0.451. The number of nitrogens with zero attached hydrogens (tertiary/aromatic N) is 2. The van der Waals surface area contributed by atoms with E-state index in [4.69, 9.17) is 4.74 Å². The van der Waals surface area contributed by atoms with E-state index in [1.165, 1.54) is 4.90 Å². The molecule has 1 atom stereocenters. The van der Waals surface area contributed by atoms with E-state index < -0.39 is 12.1 Å². The van der Waals surface area contributed by atoms with Crippen LogP contribution in [0.3, 0.4) is 0 Å². The van der Waals surface area contributed by atoms with E-state index in [2.05, 4.69) is 6.07 Å². The molecule has 1 aliphatic rings. The van der Waals surface area contributed by atoms with Crippen molar-refractivity contribution >= 4 is 17.9 Å². The fourth-order valence-electron chi connectivity index (χ4n) is 2.41. The van der Waals surface area contributed by atoms with Gasteiger partial charge in [-0.2, -0.15) is 5.26 Å². The Morgan fingerprint density at radius 3 is 2.73 bits per heavy atom. The first kappa shape index (κ1) is 13.9. The molecule has 0 saturated heterocycles. The molecule has 1 heterocycles. The highest BCUT2D eigenvalue weighted by Gasteiger charge is 2.29. The van der Waals surface area contributed by atoms with Crippen molar-refractivity contribution in [1.29, 1.82) is 5.26 Å². The van der Waals surface area contributed by atoms with Crippen LogP contribution in [0.25, 0.3) is 6.08 Å². The second-order valence-corrected chi connectivity index (χ2v) is 5.05. The van der Waals surface area contributed by atoms with E-state index in [0.717, 1.165) is 11.1 Å². The van der Waals surface area contributed by atoms with Gasteiger partial charge in [-0.15, -0.1) is 0 Å². The Balaban J connectivity index is 1.95. The zero-order valence-corrected chi connectivity index (χ0v) is 12.1. The van der Waals surface area contributed by atoms with Gasteiger partial charge in [-0.3, -0.25) is 4.90 Å². The number of benzene rings is 2. The fourth-order valence-corrected chi connectivity index (χ4v) is 2.41. The average Bonchev–Trinajstić information content (AvgIpc) is 2.54. The first-order valence-electron chi connectivity index (χ1n) is 6.93. The Morgan fingerprint density at radius 1 is 1.23 bits per heavy atom. The Kier molecular flexibility index (Phi) is 3.63. The third kappa shape index (κ3) is 2.57. The third-order valence-corrected chi connectivity index (χ3v) is 3.46. The minimum atomic E-state index is -0.675. The standard InChI is InChI=1S/C18H14N2O2/c1-13-7-10-17-14(11-13)8-9-15(12-19)20(17)18(21)22-16-5-3-2-4-6-16/h2-11,15H,1H3/t15-/m0/s1. The van der Waals surface area contributed by atoms with Crippen LogP contribution in [0.5, 0.6) is 5.75 Å². The molecule has 0 unspecified atom stereocenters. The molecule has 0 N–H and O–H groups in total. The van der Waals surface area contributed by atoms with Crippen LogP contribution in [0.2, 0.25) is 0 Å². The summed E-state index contributed by atoms with van der Waals surface area (Å²) in [4.78, 5) is 13.9. The van der Waals surface area contributed by atoms with E-state index in [1.807, 2.05) is 37.3 Å². The number of rotatable bonds is 1. The molecule has 1 aliphatic heterocycles. The second kappa shape index (κ2) is 5.74. The molecule has 0 aliphatic carbocycles. The molecular formula is C18H14N2O2. The Morgan fingerprint density at radius 2 is 2.00 bits per heavy atom. The maximum Gasteiger partial charge on any atom is 0.421 e. The number of anilines is 1. The molecule has 2 aromatic carbocycles. The minimum absolute atomic E-state index is 0.451. The van der Waals surface area contributed by atoms with Gasteiger partial charge < -0.3 is 4.74 Å². The van der Waals surface area contributed by atoms with Crippen LogP contribution in [-0.4, -0.2) is 12.1 Å². The summed E-state index contributed by atoms with van der Waals surface area (Å²) >= 11 is 0. The van der Waals surface area contributed by atoms with Crippen molar-refractivity contribution in [1.82, 2.24) is 0 Å². The number of hydrogen-bond acceptors (Lipinski definition) is 3. The molecule has 0 saturated carbocycles. The van der Waals surface area contributed by atoms with E-state index in [1.54, 1.807) is 30.3 Å². The summed E-state index contributed by atoms with van der Waals surface area (Å²) in [6, 6.07) is 16.0. The van der Waals surface area contributed by atoms with Gasteiger partial charge in [-0.05, 0) is 42.8 Å². The molecule has 0 aromatic heterocycles. The Labute approximate surface area is 128 Å². The second-order valence-electron chi connectivity index (χ2n) is 5.05. The van der Waals surface area contributed by atoms with Crippen LogP contribution in [0.15, 0.2) is 54.6 Å². The molecule has 4 heteroatoms. The van der Waals surface area contributed by atoms with Crippen molar-refractivity contribution in [2.24, 2.45) is 0 Å². The summed E-state index contributed by atoms with van der Waals surface area (Å²) in [7, 11) is 0. The zero-order valence-electron chi connectivity index (χ0n) is 12.1. The highest BCUT2D eigenvalue weighted by atomic mass is 16.6. The molecule has 0 fully saturated rings. The lowest BCUT2D eigenvalue weighted by Gasteiger charge is -2.29. The lowest BCUT2D eigenvalue weighted by Crippen LogP contribution is -2.42. The van der Waals surface area contributed by atoms with Gasteiger partial charge in [0.2, 0.25) is 0 Å². The van der Waals surface area contributed by atoms with Gasteiger partial charge in [0.25, 0.3) is 0 Å². The number of para-hydroxylation sites is 1. The summed E-state index contributed by atoms with van der Waals surface area (Å²) in [6.45, 7) is 1.98. The van der Waals surface area contributed by atoms with Crippen LogP contribution in [0, 0.1) is 18.3 Å². The molecule has 0 radical (unpaired) electrons. The third-order valence-electron chi connectivity index (χ3n) is 3.46. The average molecular weight is 290 g/mol. The maximum atomic E-state index is 12.5. The number of amides is 1. The van der Waals surface area contributed by atoms with Crippen molar-refractivity contribution in [3.8, 4) is 11.8 Å². The summed E-state index contributed by atoms with van der Waals surface area (Å²) in [5.41, 5.74) is 2.67. The molecule has 22 heavy (non-hydrogen) atoms. The summed E-state index contributed by atoms with van der Waals surface area (Å²) < 4.78 is 5.38. The summed E-state index contributed by atoms with van der Waals surface area (Å²) in [6.07, 6.45) is 3.00. The van der Waals surface area contributed by atoms with Crippen molar-refractivity contribution in [2.45, 2.75) is 13.0 Å². The molecule has 0 spiro atoms. The number of carbonyl (C=O) groups excluding carboxylic acids is 1. The monoisotopic (exact) mass is 290 g/mol. The SMILES string of the molecule is Cc1ccc2c(c1)C=C[C@@H](C#N)N2C(=O)Oc1ccccc1. The van der Waals surface area contributed by atoms with Gasteiger partial charge in [0, 0.05) is 0 Å². The van der Waals surface area contributed by atoms with Crippen molar-refractivity contribution in [2.75, 3.05) is 4.90 Å². The normalized spacial score (nSPS) is 15.8. The van der Waals surface area contributed by atoms with Crippen LogP contribution in [0.4, 0.5) is 10.5 Å². The zero-order chi connectivity index (χ0) is 15.5. The van der Waals surface area contributed by atoms with E-state index in [9.17, 15) is 10.1 Å². The number of nitriles is 1. The van der Waals surface area contributed by atoms with Crippen molar-refractivity contribution < 1.29 is 9.53 Å². The highest BCUT2D eigenvalue weighted by Crippen LogP contribution is 2.30. The van der Waals surface area contributed by atoms with Gasteiger partial charge in [0.1, 0.15) is 11.8 Å². The predicted molar refractivity (Wildman–Crippen MR) is 84.6 cm³/mol. The number of hydrogen-bond donors (Lipinski definition) is 0. The molecule has 3 rings (SSSR count). The molecule has 108 valence electrons. The van der Waals surface area contributed by atoms with Crippen molar-refractivity contribution in [3.63, 3.8) is 0 Å². The predicted octanol–water partition coefficient (Wildman–Crippen LogP) is 3.92. The van der Waals surface area contributed by atoms with Gasteiger partial charge >= 0.3 is 6.09 Å². The van der Waals surface area contributed by atoms with Gasteiger partial charge in [0.05, 0.1) is 11.8 Å².